The van der Waals surface area contributed by atoms with Crippen molar-refractivity contribution in [3.05, 3.63) is 29.8 Å². The molecule has 0 aliphatic carbocycles. The predicted octanol–water partition coefficient (Wildman–Crippen LogP) is 2.43. The van der Waals surface area contributed by atoms with Crippen LogP contribution in [0.25, 0.3) is 0 Å². The molecule has 0 heterocycles. The molecular formula is C13H21ClF2N2O2S. The molecule has 21 heavy (non-hydrogen) atoms. The molecule has 1 atom stereocenters. The van der Waals surface area contributed by atoms with E-state index in [4.69, 9.17) is 5.73 Å². The lowest BCUT2D eigenvalue weighted by Crippen LogP contribution is -2.52. The number of nitrogens with two attached hydrogens (primary N) is 1. The summed E-state index contributed by atoms with van der Waals surface area (Å²) in [7, 11) is -4.17. The Morgan fingerprint density at radius 1 is 1.33 bits per heavy atom. The van der Waals surface area contributed by atoms with Crippen LogP contribution in [0.5, 0.6) is 0 Å². The van der Waals surface area contributed by atoms with Crippen LogP contribution in [-0.2, 0) is 10.0 Å². The van der Waals surface area contributed by atoms with Crippen LogP contribution in [0.4, 0.5) is 8.78 Å². The molecule has 1 aromatic carbocycles. The van der Waals surface area contributed by atoms with Gasteiger partial charge in [-0.2, -0.15) is 0 Å². The molecule has 0 saturated heterocycles. The second-order valence-corrected chi connectivity index (χ2v) is 7.17. The number of rotatable bonds is 6. The minimum Gasteiger partial charge on any atom is -0.329 e. The van der Waals surface area contributed by atoms with Crippen molar-refractivity contribution in [2.24, 2.45) is 11.7 Å². The van der Waals surface area contributed by atoms with Crippen molar-refractivity contribution < 1.29 is 17.2 Å². The molecule has 0 amide bonds. The normalized spacial score (nSPS) is 14.6. The predicted molar refractivity (Wildman–Crippen MR) is 80.8 cm³/mol. The highest BCUT2D eigenvalue weighted by atomic mass is 35.5. The maximum atomic E-state index is 13.6. The molecule has 1 aromatic rings. The quantitative estimate of drug-likeness (QED) is 0.834. The van der Waals surface area contributed by atoms with Crippen LogP contribution in [0.1, 0.15) is 27.2 Å². The Kier molecular flexibility index (Phi) is 7.22. The van der Waals surface area contributed by atoms with Gasteiger partial charge in [-0.15, -0.1) is 12.4 Å². The number of halogens is 3. The zero-order valence-corrected chi connectivity index (χ0v) is 13.8. The van der Waals surface area contributed by atoms with Gasteiger partial charge in [-0.25, -0.2) is 21.9 Å². The van der Waals surface area contributed by atoms with Gasteiger partial charge in [0.2, 0.25) is 10.0 Å². The third-order valence-electron chi connectivity index (χ3n) is 2.90. The van der Waals surface area contributed by atoms with Crippen LogP contribution >= 0.6 is 12.4 Å². The van der Waals surface area contributed by atoms with E-state index < -0.39 is 32.1 Å². The molecule has 0 aliphatic heterocycles. The molecule has 8 heteroatoms. The molecule has 4 nitrogen and oxygen atoms in total. The van der Waals surface area contributed by atoms with Gasteiger partial charge < -0.3 is 5.73 Å². The molecule has 0 fully saturated rings. The van der Waals surface area contributed by atoms with Gasteiger partial charge in [0.15, 0.2) is 11.6 Å². The Hall–Kier alpha value is -0.760. The van der Waals surface area contributed by atoms with Gasteiger partial charge in [0.25, 0.3) is 0 Å². The second kappa shape index (κ2) is 7.49. The van der Waals surface area contributed by atoms with Crippen molar-refractivity contribution in [2.45, 2.75) is 37.6 Å². The average Bonchev–Trinajstić information content (AvgIpc) is 2.30. The molecule has 0 bridgehead atoms. The maximum absolute atomic E-state index is 13.6. The standard InChI is InChI=1S/C13H20F2N2O2S.ClH/c1-9(2)7-13(3,8-16)17-20(18,19)11-6-4-5-10(14)12(11)15;/h4-6,9,17H,7-8,16H2,1-3H3;1H. The van der Waals surface area contributed by atoms with Crippen LogP contribution in [0.15, 0.2) is 23.1 Å². The number of hydrogen-bond acceptors (Lipinski definition) is 3. The summed E-state index contributed by atoms with van der Waals surface area (Å²) in [6.07, 6.45) is 0.486. The number of sulfonamides is 1. The van der Waals surface area contributed by atoms with Crippen molar-refractivity contribution in [3.8, 4) is 0 Å². The van der Waals surface area contributed by atoms with Gasteiger partial charge in [0, 0.05) is 12.1 Å². The minimum absolute atomic E-state index is 0. The van der Waals surface area contributed by atoms with E-state index in [9.17, 15) is 17.2 Å². The number of nitrogens with one attached hydrogen (secondary N) is 1. The summed E-state index contributed by atoms with van der Waals surface area (Å²) >= 11 is 0. The second-order valence-electron chi connectivity index (χ2n) is 5.52. The van der Waals surface area contributed by atoms with E-state index in [1.807, 2.05) is 13.8 Å². The first-order chi connectivity index (χ1) is 9.11. The summed E-state index contributed by atoms with van der Waals surface area (Å²) in [6, 6.07) is 3.03. The van der Waals surface area contributed by atoms with Crippen LogP contribution in [0, 0.1) is 17.6 Å². The molecule has 0 saturated carbocycles. The fraction of sp³-hybridized carbons (Fsp3) is 0.538. The van der Waals surface area contributed by atoms with Gasteiger partial charge in [-0.1, -0.05) is 19.9 Å². The molecule has 3 N–H and O–H groups in total. The van der Waals surface area contributed by atoms with Crippen molar-refractivity contribution in [1.29, 1.82) is 0 Å². The smallest absolute Gasteiger partial charge is 0.244 e. The lowest BCUT2D eigenvalue weighted by Gasteiger charge is -2.30. The highest BCUT2D eigenvalue weighted by Gasteiger charge is 2.32. The lowest BCUT2D eigenvalue weighted by molar-refractivity contribution is 0.343. The van der Waals surface area contributed by atoms with Gasteiger partial charge in [-0.3, -0.25) is 0 Å². The first kappa shape index (κ1) is 20.2. The summed E-state index contributed by atoms with van der Waals surface area (Å²) in [5, 5.41) is 0. The molecule has 0 aromatic heterocycles. The van der Waals surface area contributed by atoms with Crippen LogP contribution < -0.4 is 10.5 Å². The molecule has 0 spiro atoms. The van der Waals surface area contributed by atoms with E-state index >= 15 is 0 Å². The van der Waals surface area contributed by atoms with Crippen LogP contribution in [-0.4, -0.2) is 20.5 Å². The fourth-order valence-electron chi connectivity index (χ4n) is 2.14. The van der Waals surface area contributed by atoms with E-state index in [-0.39, 0.29) is 24.9 Å². The first-order valence-corrected chi connectivity index (χ1v) is 7.78. The molecule has 0 radical (unpaired) electrons. The number of benzene rings is 1. The zero-order chi connectivity index (χ0) is 15.6. The summed E-state index contributed by atoms with van der Waals surface area (Å²) in [5.41, 5.74) is 4.70. The Morgan fingerprint density at radius 3 is 2.38 bits per heavy atom. The Balaban J connectivity index is 0.00000400. The molecule has 1 rings (SSSR count). The lowest BCUT2D eigenvalue weighted by atomic mass is 9.92. The fourth-order valence-corrected chi connectivity index (χ4v) is 3.66. The van der Waals surface area contributed by atoms with Crippen LogP contribution in [0.3, 0.4) is 0 Å². The SMILES string of the molecule is CC(C)CC(C)(CN)NS(=O)(=O)c1cccc(F)c1F.Cl. The topological polar surface area (TPSA) is 72.2 Å². The van der Waals surface area contributed by atoms with Crippen molar-refractivity contribution in [3.63, 3.8) is 0 Å². The molecule has 122 valence electrons. The third-order valence-corrected chi connectivity index (χ3v) is 4.55. The highest BCUT2D eigenvalue weighted by molar-refractivity contribution is 7.89. The van der Waals surface area contributed by atoms with E-state index in [1.165, 1.54) is 0 Å². The number of hydrogen-bond donors (Lipinski definition) is 2. The largest absolute Gasteiger partial charge is 0.329 e. The van der Waals surface area contributed by atoms with E-state index in [0.717, 1.165) is 18.2 Å². The Labute approximate surface area is 130 Å². The molecule has 0 aliphatic rings. The van der Waals surface area contributed by atoms with Gasteiger partial charge in [0.1, 0.15) is 4.90 Å². The molecule has 1 unspecified atom stereocenters. The highest BCUT2D eigenvalue weighted by Crippen LogP contribution is 2.22. The van der Waals surface area contributed by atoms with Gasteiger partial charge in [0.05, 0.1) is 0 Å². The first-order valence-electron chi connectivity index (χ1n) is 6.29. The Bertz CT molecular complexity index is 582. The summed E-state index contributed by atoms with van der Waals surface area (Å²) in [6.45, 7) is 5.54. The Morgan fingerprint density at radius 2 is 1.90 bits per heavy atom. The van der Waals surface area contributed by atoms with Crippen molar-refractivity contribution in [1.82, 2.24) is 4.72 Å². The van der Waals surface area contributed by atoms with Gasteiger partial charge in [-0.05, 0) is 31.4 Å². The van der Waals surface area contributed by atoms with Crippen molar-refractivity contribution >= 4 is 22.4 Å². The summed E-state index contributed by atoms with van der Waals surface area (Å²) in [5.74, 6) is -2.39. The zero-order valence-electron chi connectivity index (χ0n) is 12.2. The average molecular weight is 343 g/mol. The maximum Gasteiger partial charge on any atom is 0.244 e. The van der Waals surface area contributed by atoms with Crippen molar-refractivity contribution in [2.75, 3.05) is 6.54 Å². The summed E-state index contributed by atoms with van der Waals surface area (Å²) < 4.78 is 53.5. The van der Waals surface area contributed by atoms with E-state index in [0.29, 0.717) is 6.42 Å². The van der Waals surface area contributed by atoms with Crippen LogP contribution in [0.2, 0.25) is 0 Å². The monoisotopic (exact) mass is 342 g/mol. The molecular weight excluding hydrogens is 322 g/mol. The minimum atomic E-state index is -4.17. The third kappa shape index (κ3) is 5.18. The van der Waals surface area contributed by atoms with E-state index in [2.05, 4.69) is 4.72 Å². The van der Waals surface area contributed by atoms with E-state index in [1.54, 1.807) is 6.92 Å². The van der Waals surface area contributed by atoms with Gasteiger partial charge >= 0.3 is 0 Å². The summed E-state index contributed by atoms with van der Waals surface area (Å²) in [4.78, 5) is -0.707.